The van der Waals surface area contributed by atoms with E-state index in [4.69, 9.17) is 15.0 Å². The molecule has 0 radical (unpaired) electrons. The highest BCUT2D eigenvalue weighted by molar-refractivity contribution is 5.74. The van der Waals surface area contributed by atoms with Crippen LogP contribution in [0.25, 0.3) is 11.1 Å². The van der Waals surface area contributed by atoms with Gasteiger partial charge in [-0.25, -0.2) is 4.79 Å². The smallest absolute Gasteiger partial charge is 0.503 e. The van der Waals surface area contributed by atoms with Gasteiger partial charge in [-0.2, -0.15) is 0 Å². The molecule has 0 unspecified atom stereocenters. The molecular weight excluding hydrogens is 236 g/mol. The first kappa shape index (κ1) is 13.4. The maximum atomic E-state index is 9.58. The second-order valence-electron chi connectivity index (χ2n) is 3.32. The van der Waals surface area contributed by atoms with Crippen LogP contribution in [0.2, 0.25) is 0 Å². The van der Waals surface area contributed by atoms with Crippen LogP contribution in [-0.4, -0.2) is 26.6 Å². The third kappa shape index (κ3) is 3.71. The lowest BCUT2D eigenvalue weighted by atomic mass is 10.0. The molecule has 5 heteroatoms. The van der Waals surface area contributed by atoms with Crippen molar-refractivity contribution in [3.05, 3.63) is 48.5 Å². The highest BCUT2D eigenvalue weighted by Gasteiger charge is 2.06. The van der Waals surface area contributed by atoms with Gasteiger partial charge in [-0.05, 0) is 12.1 Å². The van der Waals surface area contributed by atoms with E-state index >= 15 is 0 Å². The van der Waals surface area contributed by atoms with Gasteiger partial charge in [-0.1, -0.05) is 36.4 Å². The zero-order valence-corrected chi connectivity index (χ0v) is 9.32. The molecular formula is C13H12O5. The van der Waals surface area contributed by atoms with E-state index in [0.29, 0.717) is 11.1 Å². The standard InChI is InChI=1S/C12H10O2.CH2O3/c13-11-7-3-1-5-9(11)10-6-2-4-8-12(10)14;2-1(3)4/h1-8,13-14H;(H2,2,3,4). The zero-order valence-electron chi connectivity index (χ0n) is 9.32. The van der Waals surface area contributed by atoms with Crippen molar-refractivity contribution in [1.29, 1.82) is 0 Å². The van der Waals surface area contributed by atoms with Gasteiger partial charge >= 0.3 is 6.16 Å². The van der Waals surface area contributed by atoms with Gasteiger partial charge in [0.15, 0.2) is 0 Å². The molecule has 2 aromatic carbocycles. The van der Waals surface area contributed by atoms with Crippen LogP contribution in [-0.2, 0) is 0 Å². The van der Waals surface area contributed by atoms with Gasteiger partial charge in [0.1, 0.15) is 11.5 Å². The molecule has 0 amide bonds. The highest BCUT2D eigenvalue weighted by Crippen LogP contribution is 2.34. The Morgan fingerprint density at radius 1 is 0.722 bits per heavy atom. The fourth-order valence-corrected chi connectivity index (χ4v) is 1.40. The fourth-order valence-electron chi connectivity index (χ4n) is 1.40. The van der Waals surface area contributed by atoms with Crippen molar-refractivity contribution < 1.29 is 25.2 Å². The highest BCUT2D eigenvalue weighted by atomic mass is 16.6. The number of carboxylic acid groups (broad SMARTS) is 2. The fraction of sp³-hybridized carbons (Fsp3) is 0. The van der Waals surface area contributed by atoms with Gasteiger partial charge in [0.05, 0.1) is 0 Å². The summed E-state index contributed by atoms with van der Waals surface area (Å²) in [6.45, 7) is 0. The van der Waals surface area contributed by atoms with Crippen molar-refractivity contribution in [1.82, 2.24) is 0 Å². The minimum absolute atomic E-state index is 0.175. The van der Waals surface area contributed by atoms with E-state index in [1.807, 2.05) is 12.1 Å². The molecule has 0 heterocycles. The van der Waals surface area contributed by atoms with Crippen LogP contribution in [0.3, 0.4) is 0 Å². The van der Waals surface area contributed by atoms with Gasteiger partial charge in [-0.15, -0.1) is 0 Å². The summed E-state index contributed by atoms with van der Waals surface area (Å²) in [4.78, 5) is 8.56. The average Bonchev–Trinajstić information content (AvgIpc) is 2.30. The Morgan fingerprint density at radius 2 is 1.00 bits per heavy atom. The second kappa shape index (κ2) is 6.15. The zero-order chi connectivity index (χ0) is 13.5. The number of benzene rings is 2. The average molecular weight is 248 g/mol. The molecule has 0 saturated carbocycles. The summed E-state index contributed by atoms with van der Waals surface area (Å²) < 4.78 is 0. The number of aromatic hydroxyl groups is 2. The molecule has 0 saturated heterocycles. The van der Waals surface area contributed by atoms with Crippen LogP contribution >= 0.6 is 0 Å². The van der Waals surface area contributed by atoms with Crippen molar-refractivity contribution in [3.63, 3.8) is 0 Å². The summed E-state index contributed by atoms with van der Waals surface area (Å²) in [5.41, 5.74) is 1.29. The molecule has 94 valence electrons. The number of para-hydroxylation sites is 2. The topological polar surface area (TPSA) is 98.0 Å². The largest absolute Gasteiger partial charge is 0.507 e. The minimum atomic E-state index is -1.83. The summed E-state index contributed by atoms with van der Waals surface area (Å²) in [5.74, 6) is 0.350. The Bertz CT molecular complexity index is 489. The monoisotopic (exact) mass is 248 g/mol. The Hall–Kier alpha value is -2.69. The number of phenolic OH excluding ortho intramolecular Hbond substituents is 2. The van der Waals surface area contributed by atoms with Crippen molar-refractivity contribution in [2.75, 3.05) is 0 Å². The Kier molecular flexibility index (Phi) is 4.57. The summed E-state index contributed by atoms with van der Waals surface area (Å²) in [5, 5.41) is 33.1. The maximum absolute atomic E-state index is 9.58. The van der Waals surface area contributed by atoms with Gasteiger partial charge in [0, 0.05) is 11.1 Å². The summed E-state index contributed by atoms with van der Waals surface area (Å²) in [6, 6.07) is 13.9. The summed E-state index contributed by atoms with van der Waals surface area (Å²) in [7, 11) is 0. The number of phenols is 2. The Morgan fingerprint density at radius 3 is 1.28 bits per heavy atom. The molecule has 18 heavy (non-hydrogen) atoms. The molecule has 2 aromatic rings. The van der Waals surface area contributed by atoms with Crippen molar-refractivity contribution in [3.8, 4) is 22.6 Å². The van der Waals surface area contributed by atoms with Crippen LogP contribution in [0.1, 0.15) is 0 Å². The molecule has 0 atom stereocenters. The van der Waals surface area contributed by atoms with Crippen LogP contribution in [0.4, 0.5) is 4.79 Å². The SMILES string of the molecule is O=C(O)O.Oc1ccccc1-c1ccccc1O. The van der Waals surface area contributed by atoms with Crippen LogP contribution in [0, 0.1) is 0 Å². The van der Waals surface area contributed by atoms with Gasteiger partial charge in [0.25, 0.3) is 0 Å². The third-order valence-electron chi connectivity index (χ3n) is 2.10. The first-order chi connectivity index (χ1) is 8.52. The summed E-state index contributed by atoms with van der Waals surface area (Å²) in [6.07, 6.45) is -1.83. The van der Waals surface area contributed by atoms with E-state index in [2.05, 4.69) is 0 Å². The second-order valence-corrected chi connectivity index (χ2v) is 3.32. The maximum Gasteiger partial charge on any atom is 0.503 e. The lowest BCUT2D eigenvalue weighted by Crippen LogP contribution is -1.81. The van der Waals surface area contributed by atoms with Gasteiger partial charge in [-0.3, -0.25) is 0 Å². The molecule has 0 aliphatic carbocycles. The Balaban J connectivity index is 0.000000357. The first-order valence-corrected chi connectivity index (χ1v) is 5.00. The van der Waals surface area contributed by atoms with Crippen LogP contribution < -0.4 is 0 Å². The van der Waals surface area contributed by atoms with E-state index in [1.165, 1.54) is 0 Å². The third-order valence-corrected chi connectivity index (χ3v) is 2.10. The van der Waals surface area contributed by atoms with Crippen molar-refractivity contribution in [2.24, 2.45) is 0 Å². The van der Waals surface area contributed by atoms with Crippen LogP contribution in [0.5, 0.6) is 11.5 Å². The predicted octanol–water partition coefficient (Wildman–Crippen LogP) is 2.99. The molecule has 5 nitrogen and oxygen atoms in total. The Labute approximate surface area is 103 Å². The number of carbonyl (C=O) groups is 1. The van der Waals surface area contributed by atoms with Crippen molar-refractivity contribution in [2.45, 2.75) is 0 Å². The normalized spacial score (nSPS) is 9.11. The quantitative estimate of drug-likeness (QED) is 0.622. The summed E-state index contributed by atoms with van der Waals surface area (Å²) >= 11 is 0. The van der Waals surface area contributed by atoms with Crippen molar-refractivity contribution >= 4 is 6.16 Å². The van der Waals surface area contributed by atoms with E-state index in [1.54, 1.807) is 36.4 Å². The van der Waals surface area contributed by atoms with Gasteiger partial charge < -0.3 is 20.4 Å². The number of hydrogen-bond donors (Lipinski definition) is 4. The molecule has 2 rings (SSSR count). The molecule has 0 bridgehead atoms. The van der Waals surface area contributed by atoms with E-state index in [9.17, 15) is 10.2 Å². The van der Waals surface area contributed by atoms with E-state index in [-0.39, 0.29) is 11.5 Å². The minimum Gasteiger partial charge on any atom is -0.507 e. The number of rotatable bonds is 1. The molecule has 0 aliphatic heterocycles. The molecule has 4 N–H and O–H groups in total. The van der Waals surface area contributed by atoms with E-state index in [0.717, 1.165) is 0 Å². The molecule has 0 aliphatic rings. The van der Waals surface area contributed by atoms with Gasteiger partial charge in [0.2, 0.25) is 0 Å². The lowest BCUT2D eigenvalue weighted by Gasteiger charge is -2.05. The molecule has 0 aromatic heterocycles. The molecule has 0 fully saturated rings. The molecule has 0 spiro atoms. The lowest BCUT2D eigenvalue weighted by molar-refractivity contribution is 0.137. The first-order valence-electron chi connectivity index (χ1n) is 5.00. The van der Waals surface area contributed by atoms with E-state index < -0.39 is 6.16 Å². The van der Waals surface area contributed by atoms with Crippen LogP contribution in [0.15, 0.2) is 48.5 Å². The predicted molar refractivity (Wildman–Crippen MR) is 65.9 cm³/mol. The number of hydrogen-bond acceptors (Lipinski definition) is 3.